The number of hydrogen-bond acceptors (Lipinski definition) is 3. The number of anilines is 1. The first kappa shape index (κ1) is 15.0. The van der Waals surface area contributed by atoms with Crippen molar-refractivity contribution in [2.45, 2.75) is 38.7 Å². The number of fused-ring (bicyclic) bond motifs is 1. The molecule has 1 N–H and O–H groups in total. The molecule has 0 aliphatic carbocycles. The van der Waals surface area contributed by atoms with Gasteiger partial charge in [-0.3, -0.25) is 9.59 Å². The average molecular weight is 302 g/mol. The van der Waals surface area contributed by atoms with Crippen LogP contribution in [0, 0.1) is 0 Å². The van der Waals surface area contributed by atoms with Crippen LogP contribution in [0.15, 0.2) is 18.2 Å². The Morgan fingerprint density at radius 2 is 2.27 bits per heavy atom. The third-order valence-corrected chi connectivity index (χ3v) is 4.36. The number of ether oxygens (including phenoxy) is 1. The van der Waals surface area contributed by atoms with E-state index in [1.54, 1.807) is 6.07 Å². The Kier molecular flexibility index (Phi) is 4.43. The van der Waals surface area contributed by atoms with Gasteiger partial charge in [0.2, 0.25) is 5.91 Å². The number of rotatable bonds is 4. The number of nitrogens with one attached hydrogen (secondary N) is 1. The van der Waals surface area contributed by atoms with Gasteiger partial charge in [0.1, 0.15) is 0 Å². The molecule has 1 unspecified atom stereocenters. The minimum atomic E-state index is -0.0708. The molecule has 1 aromatic carbocycles. The van der Waals surface area contributed by atoms with Crippen molar-refractivity contribution in [1.82, 2.24) is 5.32 Å². The second-order valence-electron chi connectivity index (χ2n) is 5.84. The highest BCUT2D eigenvalue weighted by atomic mass is 16.5. The fraction of sp³-hybridized carbons (Fsp3) is 0.529. The number of carbonyl (C=O) groups excluding carboxylic acids is 2. The fourth-order valence-corrected chi connectivity index (χ4v) is 3.11. The summed E-state index contributed by atoms with van der Waals surface area (Å²) in [5.74, 6) is 0.0629. The van der Waals surface area contributed by atoms with Crippen LogP contribution in [0.3, 0.4) is 0 Å². The van der Waals surface area contributed by atoms with E-state index in [-0.39, 0.29) is 17.9 Å². The Morgan fingerprint density at radius 1 is 1.41 bits per heavy atom. The molecule has 0 spiro atoms. The standard InChI is InChI=1S/C17H22N2O3/c1-2-16(20)19-8-7-12-10-13(5-6-15(12)19)17(21)18-11-14-4-3-9-22-14/h5-6,10,14H,2-4,7-9,11H2,1H3,(H,18,21). The molecule has 0 saturated carbocycles. The minimum absolute atomic E-state index is 0.0708. The Morgan fingerprint density at radius 3 is 3.00 bits per heavy atom. The molecule has 0 aromatic heterocycles. The molecule has 1 aromatic rings. The van der Waals surface area contributed by atoms with E-state index < -0.39 is 0 Å². The van der Waals surface area contributed by atoms with Crippen LogP contribution in [0.25, 0.3) is 0 Å². The maximum Gasteiger partial charge on any atom is 0.251 e. The van der Waals surface area contributed by atoms with Crippen molar-refractivity contribution in [2.75, 3.05) is 24.6 Å². The molecule has 2 amide bonds. The molecule has 1 saturated heterocycles. The first-order valence-electron chi connectivity index (χ1n) is 8.02. The Bertz CT molecular complexity index is 579. The Labute approximate surface area is 130 Å². The van der Waals surface area contributed by atoms with Gasteiger partial charge in [0.25, 0.3) is 5.91 Å². The summed E-state index contributed by atoms with van der Waals surface area (Å²) in [7, 11) is 0. The van der Waals surface area contributed by atoms with Gasteiger partial charge in [-0.05, 0) is 43.0 Å². The Hall–Kier alpha value is -1.88. The smallest absolute Gasteiger partial charge is 0.251 e. The van der Waals surface area contributed by atoms with Crippen LogP contribution in [0.2, 0.25) is 0 Å². The lowest BCUT2D eigenvalue weighted by atomic mass is 10.1. The summed E-state index contributed by atoms with van der Waals surface area (Å²) in [6.45, 7) is 3.94. The molecular weight excluding hydrogens is 280 g/mol. The van der Waals surface area contributed by atoms with Gasteiger partial charge in [-0.1, -0.05) is 6.92 Å². The van der Waals surface area contributed by atoms with Gasteiger partial charge in [-0.15, -0.1) is 0 Å². The van der Waals surface area contributed by atoms with Crippen LogP contribution in [-0.4, -0.2) is 37.6 Å². The summed E-state index contributed by atoms with van der Waals surface area (Å²) in [4.78, 5) is 25.9. The van der Waals surface area contributed by atoms with Crippen molar-refractivity contribution in [3.05, 3.63) is 29.3 Å². The number of carbonyl (C=O) groups is 2. The molecule has 1 fully saturated rings. The van der Waals surface area contributed by atoms with Gasteiger partial charge >= 0.3 is 0 Å². The first-order valence-corrected chi connectivity index (χ1v) is 8.02. The van der Waals surface area contributed by atoms with E-state index in [4.69, 9.17) is 4.74 Å². The quantitative estimate of drug-likeness (QED) is 0.924. The van der Waals surface area contributed by atoms with Gasteiger partial charge in [-0.25, -0.2) is 0 Å². The monoisotopic (exact) mass is 302 g/mol. The first-order chi connectivity index (χ1) is 10.7. The molecule has 5 heteroatoms. The molecule has 2 aliphatic rings. The van der Waals surface area contributed by atoms with Crippen LogP contribution >= 0.6 is 0 Å². The number of hydrogen-bond donors (Lipinski definition) is 1. The number of benzene rings is 1. The lowest BCUT2D eigenvalue weighted by molar-refractivity contribution is -0.118. The lowest BCUT2D eigenvalue weighted by Gasteiger charge is -2.16. The van der Waals surface area contributed by atoms with Crippen molar-refractivity contribution in [3.8, 4) is 0 Å². The fourth-order valence-electron chi connectivity index (χ4n) is 3.11. The van der Waals surface area contributed by atoms with E-state index in [1.165, 1.54) is 0 Å². The van der Waals surface area contributed by atoms with Gasteiger partial charge in [-0.2, -0.15) is 0 Å². The van der Waals surface area contributed by atoms with E-state index in [0.29, 0.717) is 25.1 Å². The maximum absolute atomic E-state index is 12.2. The predicted molar refractivity (Wildman–Crippen MR) is 84.1 cm³/mol. The molecule has 5 nitrogen and oxygen atoms in total. The summed E-state index contributed by atoms with van der Waals surface area (Å²) in [5.41, 5.74) is 2.68. The molecule has 0 radical (unpaired) electrons. The molecule has 2 aliphatic heterocycles. The molecule has 1 atom stereocenters. The van der Waals surface area contributed by atoms with E-state index in [9.17, 15) is 9.59 Å². The van der Waals surface area contributed by atoms with Crippen molar-refractivity contribution in [3.63, 3.8) is 0 Å². The highest BCUT2D eigenvalue weighted by Gasteiger charge is 2.24. The van der Waals surface area contributed by atoms with Gasteiger partial charge in [0.05, 0.1) is 6.10 Å². The maximum atomic E-state index is 12.2. The minimum Gasteiger partial charge on any atom is -0.376 e. The average Bonchev–Trinajstić information content (AvgIpc) is 3.20. The Balaban J connectivity index is 1.66. The molecule has 118 valence electrons. The van der Waals surface area contributed by atoms with Crippen LogP contribution < -0.4 is 10.2 Å². The highest BCUT2D eigenvalue weighted by Crippen LogP contribution is 2.29. The second kappa shape index (κ2) is 6.48. The van der Waals surface area contributed by atoms with Gasteiger partial charge in [0.15, 0.2) is 0 Å². The lowest BCUT2D eigenvalue weighted by Crippen LogP contribution is -2.31. The largest absolute Gasteiger partial charge is 0.376 e. The van der Waals surface area contributed by atoms with E-state index in [2.05, 4.69) is 5.32 Å². The van der Waals surface area contributed by atoms with Crippen LogP contribution in [-0.2, 0) is 16.0 Å². The molecular formula is C17H22N2O3. The van der Waals surface area contributed by atoms with Crippen molar-refractivity contribution >= 4 is 17.5 Å². The van der Waals surface area contributed by atoms with Crippen LogP contribution in [0.4, 0.5) is 5.69 Å². The van der Waals surface area contributed by atoms with E-state index >= 15 is 0 Å². The van der Waals surface area contributed by atoms with Crippen LogP contribution in [0.1, 0.15) is 42.1 Å². The van der Waals surface area contributed by atoms with Crippen molar-refractivity contribution in [1.29, 1.82) is 0 Å². The molecule has 0 bridgehead atoms. The highest BCUT2D eigenvalue weighted by molar-refractivity contribution is 5.98. The zero-order chi connectivity index (χ0) is 15.5. The van der Waals surface area contributed by atoms with Crippen molar-refractivity contribution < 1.29 is 14.3 Å². The summed E-state index contributed by atoms with van der Waals surface area (Å²) in [6, 6.07) is 5.59. The zero-order valence-corrected chi connectivity index (χ0v) is 12.9. The molecule has 3 rings (SSSR count). The number of amides is 2. The normalized spacial score (nSPS) is 20.0. The molecule has 22 heavy (non-hydrogen) atoms. The van der Waals surface area contributed by atoms with Gasteiger partial charge in [0, 0.05) is 37.4 Å². The van der Waals surface area contributed by atoms with Crippen molar-refractivity contribution in [2.24, 2.45) is 0 Å². The second-order valence-corrected chi connectivity index (χ2v) is 5.84. The summed E-state index contributed by atoms with van der Waals surface area (Å²) in [5, 5.41) is 2.93. The topological polar surface area (TPSA) is 58.6 Å². The van der Waals surface area contributed by atoms with Crippen LogP contribution in [0.5, 0.6) is 0 Å². The summed E-state index contributed by atoms with van der Waals surface area (Å²) >= 11 is 0. The summed E-state index contributed by atoms with van der Waals surface area (Å²) < 4.78 is 5.51. The number of nitrogens with zero attached hydrogens (tertiary/aromatic N) is 1. The summed E-state index contributed by atoms with van der Waals surface area (Å²) in [6.07, 6.45) is 3.55. The van der Waals surface area contributed by atoms with E-state index in [1.807, 2.05) is 24.0 Å². The zero-order valence-electron chi connectivity index (χ0n) is 12.9. The van der Waals surface area contributed by atoms with E-state index in [0.717, 1.165) is 37.1 Å². The third-order valence-electron chi connectivity index (χ3n) is 4.36. The van der Waals surface area contributed by atoms with Gasteiger partial charge < -0.3 is 15.0 Å². The molecule has 2 heterocycles. The third kappa shape index (κ3) is 2.99. The SMILES string of the molecule is CCC(=O)N1CCc2cc(C(=O)NCC3CCCO3)ccc21. The predicted octanol–water partition coefficient (Wildman–Crippen LogP) is 1.89.